The van der Waals surface area contributed by atoms with Crippen molar-refractivity contribution >= 4 is 10.5 Å². The predicted molar refractivity (Wildman–Crippen MR) is 132 cm³/mol. The summed E-state index contributed by atoms with van der Waals surface area (Å²) in [4.78, 5) is 0. The van der Waals surface area contributed by atoms with E-state index in [1.807, 2.05) is 0 Å². The Labute approximate surface area is 198 Å². The highest BCUT2D eigenvalue weighted by molar-refractivity contribution is 5.97. The van der Waals surface area contributed by atoms with Crippen LogP contribution in [0.3, 0.4) is 0 Å². The van der Waals surface area contributed by atoms with Crippen LogP contribution in [0.25, 0.3) is 0 Å². The van der Waals surface area contributed by atoms with Gasteiger partial charge in [0.25, 0.3) is 0 Å². The van der Waals surface area contributed by atoms with Crippen molar-refractivity contribution in [2.75, 3.05) is 26.4 Å². The summed E-state index contributed by atoms with van der Waals surface area (Å²) in [6.45, 7) is 8.93. The summed E-state index contributed by atoms with van der Waals surface area (Å²) in [7, 11) is 3.15. The van der Waals surface area contributed by atoms with Crippen LogP contribution in [0.1, 0.15) is 136 Å². The molecule has 3 radical (unpaired) electrons. The van der Waals surface area contributed by atoms with Crippen molar-refractivity contribution in [1.29, 1.82) is 0 Å². The van der Waals surface area contributed by atoms with Gasteiger partial charge in [-0.15, -0.1) is 0 Å². The van der Waals surface area contributed by atoms with E-state index in [1.54, 1.807) is 0 Å². The molecule has 0 aromatic heterocycles. The second-order valence-corrected chi connectivity index (χ2v) is 9.11. The molecule has 0 spiro atoms. The summed E-state index contributed by atoms with van der Waals surface area (Å²) in [6, 6.07) is 0. The monoisotopic (exact) mass is 457 g/mol. The van der Waals surface area contributed by atoms with Gasteiger partial charge in [-0.2, -0.15) is 0 Å². The van der Waals surface area contributed by atoms with Gasteiger partial charge in [-0.05, 0) is 19.3 Å². The van der Waals surface area contributed by atoms with Crippen molar-refractivity contribution in [3.05, 3.63) is 0 Å². The molecule has 0 rings (SSSR count). The fourth-order valence-corrected chi connectivity index (χ4v) is 3.85. The van der Waals surface area contributed by atoms with Crippen molar-refractivity contribution in [1.82, 2.24) is 0 Å². The van der Waals surface area contributed by atoms with Gasteiger partial charge in [0, 0.05) is 0 Å². The van der Waals surface area contributed by atoms with Crippen LogP contribution in [0.2, 0.25) is 0 Å². The van der Waals surface area contributed by atoms with Gasteiger partial charge < -0.3 is 18.6 Å². The lowest BCUT2D eigenvalue weighted by Gasteiger charge is -2.33. The highest BCUT2D eigenvalue weighted by Gasteiger charge is 2.33. The third-order valence-corrected chi connectivity index (χ3v) is 5.85. The van der Waals surface area contributed by atoms with E-state index < -0.39 is 5.97 Å². The van der Waals surface area contributed by atoms with E-state index in [2.05, 4.69) is 31.3 Å². The van der Waals surface area contributed by atoms with E-state index in [0.29, 0.717) is 19.8 Å². The van der Waals surface area contributed by atoms with Crippen LogP contribution < -0.4 is 0 Å². The number of unbranched alkanes of at least 4 members (excludes halogenated alkanes) is 15. The second-order valence-electron chi connectivity index (χ2n) is 8.82. The number of rotatable bonds is 26. The second kappa shape index (κ2) is 24.7. The van der Waals surface area contributed by atoms with Crippen molar-refractivity contribution < 1.29 is 18.6 Å². The minimum Gasteiger partial charge on any atom is -0.410 e. The van der Waals surface area contributed by atoms with Crippen LogP contribution in [0.15, 0.2) is 0 Å². The molecule has 0 aliphatic rings. The topological polar surface area (TPSA) is 36.9 Å². The largest absolute Gasteiger partial charge is 0.410 e. The normalized spacial score (nSPS) is 12.0. The Morgan fingerprint density at radius 1 is 0.452 bits per heavy atom. The molecule has 0 aliphatic carbocycles. The summed E-state index contributed by atoms with van der Waals surface area (Å²) in [5, 5.41) is 0. The zero-order chi connectivity index (χ0) is 22.9. The van der Waals surface area contributed by atoms with Crippen LogP contribution in [0.4, 0.5) is 0 Å². The molecule has 5 heteroatoms. The van der Waals surface area contributed by atoms with Gasteiger partial charge >= 0.3 is 5.97 Å². The molecule has 0 amide bonds. The molecule has 0 N–H and O–H groups in total. The third-order valence-electron chi connectivity index (χ3n) is 5.71. The van der Waals surface area contributed by atoms with Gasteiger partial charge in [0.1, 0.15) is 6.61 Å². The number of hydrogen-bond donors (Lipinski definition) is 0. The Bertz CT molecular complexity index is 296. The molecule has 0 saturated carbocycles. The predicted octanol–water partition coefficient (Wildman–Crippen LogP) is 7.87. The lowest BCUT2D eigenvalue weighted by Crippen LogP contribution is -2.44. The van der Waals surface area contributed by atoms with Crippen molar-refractivity contribution in [2.24, 2.45) is 0 Å². The Morgan fingerprint density at radius 2 is 0.742 bits per heavy atom. The standard InChI is InChI=1S/C26H53O4Si/c1-4-7-10-13-16-19-22-27-26(25-30-31,28-23-20-17-14-11-8-5-2)29-24-21-18-15-12-9-6-3/h4-25H2,1-3H3. The quantitative estimate of drug-likeness (QED) is 0.0752. The smallest absolute Gasteiger partial charge is 0.306 e. The van der Waals surface area contributed by atoms with E-state index in [0.717, 1.165) is 19.3 Å². The zero-order valence-corrected chi connectivity index (χ0v) is 22.2. The molecule has 0 aromatic rings. The third kappa shape index (κ3) is 20.4. The molecule has 185 valence electrons. The molecule has 0 aliphatic heterocycles. The van der Waals surface area contributed by atoms with Gasteiger partial charge in [0.05, 0.1) is 19.8 Å². The lowest BCUT2D eigenvalue weighted by molar-refractivity contribution is -0.389. The summed E-state index contributed by atoms with van der Waals surface area (Å²) in [5.41, 5.74) is 0. The molecule has 31 heavy (non-hydrogen) atoms. The van der Waals surface area contributed by atoms with E-state index in [4.69, 9.17) is 18.6 Å². The van der Waals surface area contributed by atoms with Gasteiger partial charge in [-0.25, -0.2) is 0 Å². The molecular weight excluding hydrogens is 404 g/mol. The van der Waals surface area contributed by atoms with E-state index in [-0.39, 0.29) is 6.61 Å². The molecule has 4 nitrogen and oxygen atoms in total. The minimum atomic E-state index is -1.09. The maximum atomic E-state index is 6.17. The van der Waals surface area contributed by atoms with E-state index in [1.165, 1.54) is 96.3 Å². The van der Waals surface area contributed by atoms with Crippen molar-refractivity contribution in [3.63, 3.8) is 0 Å². The lowest BCUT2D eigenvalue weighted by atomic mass is 10.1. The molecule has 0 atom stereocenters. The Kier molecular flexibility index (Phi) is 24.7. The van der Waals surface area contributed by atoms with Gasteiger partial charge in [-0.3, -0.25) is 0 Å². The average molecular weight is 458 g/mol. The van der Waals surface area contributed by atoms with Crippen molar-refractivity contribution in [3.8, 4) is 0 Å². The molecule has 0 bridgehead atoms. The van der Waals surface area contributed by atoms with Gasteiger partial charge in [0.15, 0.2) is 0 Å². The fraction of sp³-hybridized carbons (Fsp3) is 1.00. The fourth-order valence-electron chi connectivity index (χ4n) is 3.67. The Hall–Kier alpha value is 0.0569. The molecular formula is C26H53O4Si. The van der Waals surface area contributed by atoms with Crippen LogP contribution in [-0.2, 0) is 18.6 Å². The molecule has 0 aromatic carbocycles. The Balaban J connectivity index is 4.39. The van der Waals surface area contributed by atoms with Gasteiger partial charge in [-0.1, -0.05) is 117 Å². The first-order valence-electron chi connectivity index (χ1n) is 13.4. The highest BCUT2D eigenvalue weighted by Crippen LogP contribution is 2.20. The molecule has 0 saturated heterocycles. The molecule has 0 unspecified atom stereocenters. The molecule has 0 heterocycles. The number of ether oxygens (including phenoxy) is 3. The van der Waals surface area contributed by atoms with E-state index in [9.17, 15) is 0 Å². The van der Waals surface area contributed by atoms with Crippen LogP contribution >= 0.6 is 0 Å². The number of hydrogen-bond acceptors (Lipinski definition) is 4. The van der Waals surface area contributed by atoms with Crippen LogP contribution in [0, 0.1) is 0 Å². The minimum absolute atomic E-state index is 0.241. The first-order valence-corrected chi connectivity index (χ1v) is 13.9. The Morgan fingerprint density at radius 3 is 1.03 bits per heavy atom. The first-order chi connectivity index (χ1) is 15.2. The van der Waals surface area contributed by atoms with E-state index >= 15 is 0 Å². The van der Waals surface area contributed by atoms with Crippen molar-refractivity contribution in [2.45, 2.75) is 142 Å². The summed E-state index contributed by atoms with van der Waals surface area (Å²) < 4.78 is 23.8. The van der Waals surface area contributed by atoms with Crippen LogP contribution in [0.5, 0.6) is 0 Å². The average Bonchev–Trinajstić information content (AvgIpc) is 2.77. The summed E-state index contributed by atoms with van der Waals surface area (Å²) in [6.07, 6.45) is 22.3. The maximum Gasteiger partial charge on any atom is 0.306 e. The summed E-state index contributed by atoms with van der Waals surface area (Å²) in [5.74, 6) is -1.09. The highest BCUT2D eigenvalue weighted by atomic mass is 28.2. The summed E-state index contributed by atoms with van der Waals surface area (Å²) >= 11 is 0. The zero-order valence-electron chi connectivity index (χ0n) is 21.2. The maximum absolute atomic E-state index is 6.17. The van der Waals surface area contributed by atoms with Gasteiger partial charge in [0.2, 0.25) is 10.5 Å². The SMILES string of the molecule is CCCCCCCCOC(CO[Si])(OCCCCCCCC)OCCCCCCCC. The first kappa shape index (κ1) is 31.1. The van der Waals surface area contributed by atoms with Crippen LogP contribution in [-0.4, -0.2) is 42.9 Å². The molecule has 0 fully saturated rings.